The number of hydrogen-bond donors (Lipinski definition) is 1. The van der Waals surface area contributed by atoms with E-state index in [1.807, 2.05) is 31.1 Å². The van der Waals surface area contributed by atoms with Gasteiger partial charge in [-0.2, -0.15) is 6.08 Å². The molecule has 2 atom stereocenters. The molecule has 2 aromatic heterocycles. The molecule has 1 fully saturated rings. The minimum Gasteiger partial charge on any atom is -0.577 e. The van der Waals surface area contributed by atoms with E-state index in [-0.39, 0.29) is 53.3 Å². The quantitative estimate of drug-likeness (QED) is 0.0576. The van der Waals surface area contributed by atoms with Crippen LogP contribution in [0, 0.1) is 31.2 Å². The van der Waals surface area contributed by atoms with Crippen molar-refractivity contribution >= 4 is 46.7 Å². The predicted molar refractivity (Wildman–Crippen MR) is 177 cm³/mol. The van der Waals surface area contributed by atoms with E-state index >= 15 is 4.39 Å². The number of hydrogen-bond acceptors (Lipinski definition) is 9. The number of nitrogens with zero attached hydrogens (tertiary/aromatic N) is 7. The summed E-state index contributed by atoms with van der Waals surface area (Å²) in [4.78, 5) is 33.8. The summed E-state index contributed by atoms with van der Waals surface area (Å²) in [6.45, 7) is 9.99. The third-order valence-corrected chi connectivity index (χ3v) is 8.06. The summed E-state index contributed by atoms with van der Waals surface area (Å²) in [6.07, 6.45) is 12.7. The molecule has 13 heteroatoms. The van der Waals surface area contributed by atoms with Gasteiger partial charge in [0.2, 0.25) is 0 Å². The summed E-state index contributed by atoms with van der Waals surface area (Å²) >= 11 is 0. The Bertz CT molecular complexity index is 1710. The summed E-state index contributed by atoms with van der Waals surface area (Å²) in [5.74, 6) is 2.33. The van der Waals surface area contributed by atoms with Crippen LogP contribution in [0.15, 0.2) is 59.6 Å². The van der Waals surface area contributed by atoms with Gasteiger partial charge in [-0.1, -0.05) is 6.08 Å². The van der Waals surface area contributed by atoms with Crippen LogP contribution in [0.2, 0.25) is 0 Å². The van der Waals surface area contributed by atoms with Gasteiger partial charge in [0.1, 0.15) is 17.6 Å². The monoisotopic (exact) mass is 630 g/mol. The van der Waals surface area contributed by atoms with Crippen molar-refractivity contribution in [1.82, 2.24) is 19.9 Å². The Morgan fingerprint density at radius 3 is 2.96 bits per heavy atom. The Labute approximate surface area is 286 Å². The summed E-state index contributed by atoms with van der Waals surface area (Å²) < 4.78 is 27.5. The summed E-state index contributed by atoms with van der Waals surface area (Å²) in [5, 5.41) is 11.7. The smallest absolute Gasteiger partial charge is 0.577 e. The fourth-order valence-electron chi connectivity index (χ4n) is 5.60. The number of aliphatic imine (C=N–C) groups is 1. The molecule has 3 aromatic rings. The van der Waals surface area contributed by atoms with Crippen LogP contribution in [0.3, 0.4) is 0 Å². The number of nitrogens with one attached hydrogen (secondary N) is 1. The zero-order valence-corrected chi connectivity index (χ0v) is 27.1. The SMILES string of the molecule is [CH-]=C/C(=C\[C-]=NC=[N-])Oc1ccc(Nc2ncnc3cc4c(nc23)N2CCC(CCC(=O)/C=C/CN(C)C)[C@H](CO4)C2)c(F)c1C.[Li+]. The molecule has 5 rings (SSSR count). The maximum absolute atomic E-state index is 15.6. The van der Waals surface area contributed by atoms with Crippen molar-refractivity contribution in [1.29, 1.82) is 0 Å². The van der Waals surface area contributed by atoms with Crippen LogP contribution in [-0.4, -0.2) is 78.5 Å². The Morgan fingerprint density at radius 1 is 1.36 bits per heavy atom. The number of ketones is 1. The van der Waals surface area contributed by atoms with Gasteiger partial charge in [0, 0.05) is 49.4 Å². The minimum absolute atomic E-state index is 0. The molecular formula is C34H36FLiN8O3-2. The summed E-state index contributed by atoms with van der Waals surface area (Å²) in [7, 11) is 3.94. The number of benzene rings is 1. The first kappa shape index (κ1) is 35.5. The molecule has 1 N–H and O–H groups in total. The molecule has 1 saturated heterocycles. The van der Waals surface area contributed by atoms with Crippen LogP contribution >= 0.6 is 0 Å². The molecule has 0 amide bonds. The fourth-order valence-corrected chi connectivity index (χ4v) is 5.60. The van der Waals surface area contributed by atoms with Crippen molar-refractivity contribution in [2.75, 3.05) is 50.6 Å². The van der Waals surface area contributed by atoms with Gasteiger partial charge in [0.05, 0.1) is 17.8 Å². The van der Waals surface area contributed by atoms with Gasteiger partial charge in [-0.3, -0.25) is 11.4 Å². The zero-order chi connectivity index (χ0) is 32.6. The molecule has 0 spiro atoms. The van der Waals surface area contributed by atoms with Crippen molar-refractivity contribution < 1.29 is 37.5 Å². The van der Waals surface area contributed by atoms with Gasteiger partial charge in [0.15, 0.2) is 29.0 Å². The number of pyridine rings is 1. The third-order valence-electron chi connectivity index (χ3n) is 8.06. The van der Waals surface area contributed by atoms with Crippen LogP contribution in [0.25, 0.3) is 16.4 Å². The van der Waals surface area contributed by atoms with E-state index in [9.17, 15) is 4.79 Å². The average molecular weight is 631 g/mol. The molecule has 1 unspecified atom stereocenters. The van der Waals surface area contributed by atoms with Crippen molar-refractivity contribution in [3.63, 3.8) is 0 Å². The summed E-state index contributed by atoms with van der Waals surface area (Å²) in [6, 6.07) is 4.98. The van der Waals surface area contributed by atoms with E-state index in [1.54, 1.807) is 19.1 Å². The number of carbonyl (C=O) groups is 1. The van der Waals surface area contributed by atoms with Gasteiger partial charge in [-0.25, -0.2) is 31.9 Å². The number of fused-ring (bicyclic) bond motifs is 5. The fraction of sp³-hybridized carbons (Fsp3) is 0.353. The van der Waals surface area contributed by atoms with Crippen LogP contribution in [0.5, 0.6) is 11.5 Å². The van der Waals surface area contributed by atoms with E-state index < -0.39 is 5.82 Å². The number of allylic oxidation sites excluding steroid dienone is 3. The standard InChI is InChI=1S/C34H36FN8O3.Li/c1-5-26(12-14-37-20-36)46-29-11-10-27(31(35)22(29)2)40-33-32-28(38-21-39-33)17-30-34(41-32)43-16-13-23(24(18-43)19-45-30)8-9-25(44)7-6-15-42(3)4;/h1,5-7,10-12,17,20-21,23-24H,8-9,13,15-16,18-19H2,2-4H3,(H,38,39,40);/q-3;+1/b7-6+,26-12+;/t23?,24-;/m0./s1. The number of anilines is 3. The Morgan fingerprint density at radius 2 is 2.19 bits per heavy atom. The second kappa shape index (κ2) is 16.5. The van der Waals surface area contributed by atoms with E-state index in [0.29, 0.717) is 53.7 Å². The molecule has 11 nitrogen and oxygen atoms in total. The molecule has 4 heterocycles. The predicted octanol–water partition coefficient (Wildman–Crippen LogP) is 2.32. The second-order valence-electron chi connectivity index (χ2n) is 11.5. The largest absolute Gasteiger partial charge is 1.00 e. The molecule has 2 bridgehead atoms. The maximum Gasteiger partial charge on any atom is 1.00 e. The number of aromatic nitrogens is 3. The van der Waals surface area contributed by atoms with Gasteiger partial charge in [-0.15, -0.1) is 6.08 Å². The summed E-state index contributed by atoms with van der Waals surface area (Å²) in [5.41, 5.74) is 1.45. The number of carbonyl (C=O) groups excluding carboxylic acids is 1. The van der Waals surface area contributed by atoms with Gasteiger partial charge >= 0.3 is 18.9 Å². The van der Waals surface area contributed by atoms with Crippen molar-refractivity contribution in [3.8, 4) is 11.5 Å². The second-order valence-corrected chi connectivity index (χ2v) is 11.5. The molecule has 0 radical (unpaired) electrons. The van der Waals surface area contributed by atoms with Gasteiger partial charge in [-0.05, 0) is 58.0 Å². The minimum atomic E-state index is -0.545. The van der Waals surface area contributed by atoms with Crippen molar-refractivity contribution in [3.05, 3.63) is 78.0 Å². The topological polar surface area (TPSA) is 127 Å². The molecule has 240 valence electrons. The molecular weight excluding hydrogens is 594 g/mol. The molecule has 47 heavy (non-hydrogen) atoms. The van der Waals surface area contributed by atoms with E-state index in [1.165, 1.54) is 24.5 Å². The Kier molecular flexibility index (Phi) is 12.4. The van der Waals surface area contributed by atoms with Crippen LogP contribution < -0.4 is 38.6 Å². The maximum atomic E-state index is 15.6. The molecule has 1 aromatic carbocycles. The first-order valence-electron chi connectivity index (χ1n) is 15.0. The van der Waals surface area contributed by atoms with Crippen molar-refractivity contribution in [2.45, 2.75) is 26.2 Å². The van der Waals surface area contributed by atoms with E-state index in [4.69, 9.17) is 26.4 Å². The number of rotatable bonds is 13. The Balaban J connectivity index is 0.00000500. The number of piperidine rings is 1. The van der Waals surface area contributed by atoms with Crippen LogP contribution in [0.1, 0.15) is 24.8 Å². The van der Waals surface area contributed by atoms with E-state index in [2.05, 4.69) is 31.4 Å². The molecule has 0 aliphatic carbocycles. The van der Waals surface area contributed by atoms with Crippen LogP contribution in [0.4, 0.5) is 21.7 Å². The zero-order valence-electron chi connectivity index (χ0n) is 27.1. The number of ether oxygens (including phenoxy) is 2. The first-order chi connectivity index (χ1) is 22.3. The molecule has 2 aliphatic rings. The average Bonchev–Trinajstić information content (AvgIpc) is 3.18. The normalized spacial score (nSPS) is 17.6. The Hall–Kier alpha value is -4.37. The third kappa shape index (κ3) is 8.71. The van der Waals surface area contributed by atoms with Gasteiger partial charge in [0.25, 0.3) is 0 Å². The van der Waals surface area contributed by atoms with E-state index in [0.717, 1.165) is 32.5 Å². The molecule has 2 aliphatic heterocycles. The molecule has 0 saturated carbocycles. The van der Waals surface area contributed by atoms with Gasteiger partial charge < -0.3 is 35.0 Å². The number of likely N-dealkylation sites (N-methyl/N-ethyl adjacent to an activating group) is 1. The van der Waals surface area contributed by atoms with Crippen LogP contribution in [-0.2, 0) is 4.79 Å². The first-order valence-corrected chi connectivity index (χ1v) is 15.0. The number of halogens is 1. The van der Waals surface area contributed by atoms with Crippen molar-refractivity contribution in [2.24, 2.45) is 16.8 Å².